The second-order valence-electron chi connectivity index (χ2n) is 7.33. The van der Waals surface area contributed by atoms with Crippen molar-refractivity contribution in [3.63, 3.8) is 0 Å². The number of imidazole rings is 1. The van der Waals surface area contributed by atoms with Gasteiger partial charge >= 0.3 is 0 Å². The molecule has 132 valence electrons. The highest BCUT2D eigenvalue weighted by Gasteiger charge is 2.29. The number of carbonyl (C=O) groups is 1. The summed E-state index contributed by atoms with van der Waals surface area (Å²) in [4.78, 5) is 19.2. The summed E-state index contributed by atoms with van der Waals surface area (Å²) in [6, 6.07) is 5.83. The predicted octanol–water partition coefficient (Wildman–Crippen LogP) is 3.84. The van der Waals surface area contributed by atoms with Gasteiger partial charge in [0.1, 0.15) is 11.6 Å². The molecule has 0 N–H and O–H groups in total. The molecular formula is C20H24FN3O. The Morgan fingerprint density at radius 2 is 1.96 bits per heavy atom. The van der Waals surface area contributed by atoms with Crippen LogP contribution in [-0.2, 0) is 6.54 Å². The molecule has 1 amide bonds. The summed E-state index contributed by atoms with van der Waals surface area (Å²) in [5, 5.41) is 0. The third-order valence-corrected chi connectivity index (χ3v) is 5.59. The number of aromatic nitrogens is 2. The number of likely N-dealkylation sites (tertiary alicyclic amines) is 1. The SMILES string of the molecule is O=C(c1ccc(F)cc1)N1CCC[C@H](c2nccn2CC2CCC2)C1. The number of amides is 1. The van der Waals surface area contributed by atoms with Crippen LogP contribution >= 0.6 is 0 Å². The molecule has 25 heavy (non-hydrogen) atoms. The zero-order valence-corrected chi connectivity index (χ0v) is 14.4. The molecular weight excluding hydrogens is 317 g/mol. The van der Waals surface area contributed by atoms with Crippen LogP contribution in [0.5, 0.6) is 0 Å². The Morgan fingerprint density at radius 3 is 2.68 bits per heavy atom. The van der Waals surface area contributed by atoms with Gasteiger partial charge in [-0.25, -0.2) is 9.37 Å². The molecule has 1 aromatic heterocycles. The number of hydrogen-bond donors (Lipinski definition) is 0. The number of piperidine rings is 1. The molecule has 1 atom stereocenters. The van der Waals surface area contributed by atoms with E-state index >= 15 is 0 Å². The Hall–Kier alpha value is -2.17. The van der Waals surface area contributed by atoms with Gasteiger partial charge in [0.05, 0.1) is 0 Å². The van der Waals surface area contributed by atoms with Crippen molar-refractivity contribution in [1.82, 2.24) is 14.5 Å². The van der Waals surface area contributed by atoms with Crippen molar-refractivity contribution in [1.29, 1.82) is 0 Å². The van der Waals surface area contributed by atoms with Crippen LogP contribution < -0.4 is 0 Å². The summed E-state index contributed by atoms with van der Waals surface area (Å²) in [6.45, 7) is 2.51. The lowest BCUT2D eigenvalue weighted by molar-refractivity contribution is 0.0702. The summed E-state index contributed by atoms with van der Waals surface area (Å²) in [5.41, 5.74) is 0.555. The summed E-state index contributed by atoms with van der Waals surface area (Å²) in [6.07, 6.45) is 9.99. The van der Waals surface area contributed by atoms with Crippen LogP contribution in [0.4, 0.5) is 4.39 Å². The first kappa shape index (κ1) is 16.3. The molecule has 5 heteroatoms. The zero-order chi connectivity index (χ0) is 17.2. The minimum Gasteiger partial charge on any atom is -0.338 e. The zero-order valence-electron chi connectivity index (χ0n) is 14.4. The second-order valence-corrected chi connectivity index (χ2v) is 7.33. The number of rotatable bonds is 4. The standard InChI is InChI=1S/C20H24FN3O/c21-18-8-6-16(7-9-18)20(25)24-11-2-5-17(14-24)19-22-10-12-23(19)13-15-3-1-4-15/h6-10,12,15,17H,1-5,11,13-14H2/t17-/m0/s1. The van der Waals surface area contributed by atoms with E-state index in [1.54, 1.807) is 12.1 Å². The summed E-state index contributed by atoms with van der Waals surface area (Å²) in [7, 11) is 0. The largest absolute Gasteiger partial charge is 0.338 e. The summed E-state index contributed by atoms with van der Waals surface area (Å²) < 4.78 is 15.4. The highest BCUT2D eigenvalue weighted by molar-refractivity contribution is 5.94. The van der Waals surface area contributed by atoms with Crippen molar-refractivity contribution >= 4 is 5.91 Å². The fourth-order valence-corrected chi connectivity index (χ4v) is 3.94. The van der Waals surface area contributed by atoms with Crippen molar-refractivity contribution in [2.24, 2.45) is 5.92 Å². The lowest BCUT2D eigenvalue weighted by atomic mass is 9.85. The van der Waals surface area contributed by atoms with E-state index in [-0.39, 0.29) is 17.6 Å². The van der Waals surface area contributed by atoms with E-state index in [1.165, 1.54) is 31.4 Å². The van der Waals surface area contributed by atoms with Gasteiger partial charge in [0, 0.05) is 43.5 Å². The molecule has 1 saturated carbocycles. The van der Waals surface area contributed by atoms with E-state index in [0.717, 1.165) is 37.7 Å². The first-order valence-corrected chi connectivity index (χ1v) is 9.26. The fourth-order valence-electron chi connectivity index (χ4n) is 3.94. The van der Waals surface area contributed by atoms with Crippen molar-refractivity contribution in [2.45, 2.75) is 44.6 Å². The molecule has 0 spiro atoms. The molecule has 1 aliphatic heterocycles. The number of nitrogens with zero attached hydrogens (tertiary/aromatic N) is 3. The highest BCUT2D eigenvalue weighted by Crippen LogP contribution is 2.31. The van der Waals surface area contributed by atoms with Crippen molar-refractivity contribution in [2.75, 3.05) is 13.1 Å². The third kappa shape index (κ3) is 3.46. The smallest absolute Gasteiger partial charge is 0.253 e. The van der Waals surface area contributed by atoms with Crippen LogP contribution in [0.1, 0.15) is 54.2 Å². The quantitative estimate of drug-likeness (QED) is 0.847. The Balaban J connectivity index is 1.46. The van der Waals surface area contributed by atoms with Crippen molar-refractivity contribution < 1.29 is 9.18 Å². The lowest BCUT2D eigenvalue weighted by Gasteiger charge is -2.33. The molecule has 2 aliphatic rings. The van der Waals surface area contributed by atoms with Gasteiger partial charge in [-0.15, -0.1) is 0 Å². The number of carbonyl (C=O) groups excluding carboxylic acids is 1. The third-order valence-electron chi connectivity index (χ3n) is 5.59. The van der Waals surface area contributed by atoms with Gasteiger partial charge in [0.25, 0.3) is 5.91 Å². The van der Waals surface area contributed by atoms with E-state index in [9.17, 15) is 9.18 Å². The van der Waals surface area contributed by atoms with E-state index in [1.807, 2.05) is 11.1 Å². The van der Waals surface area contributed by atoms with Gasteiger partial charge in [-0.1, -0.05) is 6.42 Å². The fraction of sp³-hybridized carbons (Fsp3) is 0.500. The molecule has 0 bridgehead atoms. The van der Waals surface area contributed by atoms with Crippen LogP contribution in [0.2, 0.25) is 0 Å². The number of benzene rings is 1. The topological polar surface area (TPSA) is 38.1 Å². The molecule has 2 aromatic rings. The average molecular weight is 341 g/mol. The van der Waals surface area contributed by atoms with Crippen molar-refractivity contribution in [3.8, 4) is 0 Å². The van der Waals surface area contributed by atoms with Crippen LogP contribution in [-0.4, -0.2) is 33.4 Å². The van der Waals surface area contributed by atoms with Crippen molar-refractivity contribution in [3.05, 3.63) is 53.9 Å². The van der Waals surface area contributed by atoms with Gasteiger partial charge in [0.15, 0.2) is 0 Å². The van der Waals surface area contributed by atoms with Gasteiger partial charge in [-0.3, -0.25) is 4.79 Å². The minimum atomic E-state index is -0.314. The first-order valence-electron chi connectivity index (χ1n) is 9.26. The van der Waals surface area contributed by atoms with E-state index < -0.39 is 0 Å². The van der Waals surface area contributed by atoms with Crippen LogP contribution in [0.15, 0.2) is 36.7 Å². The normalized spacial score (nSPS) is 21.2. The Morgan fingerprint density at radius 1 is 1.16 bits per heavy atom. The first-order chi connectivity index (χ1) is 12.2. The van der Waals surface area contributed by atoms with Gasteiger partial charge in [-0.2, -0.15) is 0 Å². The number of hydrogen-bond acceptors (Lipinski definition) is 2. The van der Waals surface area contributed by atoms with Gasteiger partial charge in [-0.05, 0) is 55.9 Å². The minimum absolute atomic E-state index is 0.0122. The van der Waals surface area contributed by atoms with E-state index in [0.29, 0.717) is 12.1 Å². The maximum atomic E-state index is 13.1. The van der Waals surface area contributed by atoms with Crippen LogP contribution in [0.3, 0.4) is 0 Å². The van der Waals surface area contributed by atoms with E-state index in [2.05, 4.69) is 15.7 Å². The molecule has 2 fully saturated rings. The maximum absolute atomic E-state index is 13.1. The Bertz CT molecular complexity index is 736. The second kappa shape index (κ2) is 6.98. The molecule has 0 unspecified atom stereocenters. The predicted molar refractivity (Wildman–Crippen MR) is 93.8 cm³/mol. The molecule has 4 rings (SSSR count). The molecule has 1 aromatic carbocycles. The molecule has 2 heterocycles. The lowest BCUT2D eigenvalue weighted by Crippen LogP contribution is -2.40. The average Bonchev–Trinajstić information content (AvgIpc) is 3.07. The Labute approximate surface area is 147 Å². The van der Waals surface area contributed by atoms with Gasteiger partial charge < -0.3 is 9.47 Å². The Kier molecular flexibility index (Phi) is 4.55. The molecule has 0 radical (unpaired) electrons. The molecule has 1 saturated heterocycles. The summed E-state index contributed by atoms with van der Waals surface area (Å²) >= 11 is 0. The summed E-state index contributed by atoms with van der Waals surface area (Å²) in [5.74, 6) is 1.86. The van der Waals surface area contributed by atoms with Crippen LogP contribution in [0.25, 0.3) is 0 Å². The van der Waals surface area contributed by atoms with Crippen LogP contribution in [0, 0.1) is 11.7 Å². The maximum Gasteiger partial charge on any atom is 0.253 e. The monoisotopic (exact) mass is 341 g/mol. The van der Waals surface area contributed by atoms with Gasteiger partial charge in [0.2, 0.25) is 0 Å². The number of halogens is 1. The molecule has 1 aliphatic carbocycles. The highest BCUT2D eigenvalue weighted by atomic mass is 19.1. The van der Waals surface area contributed by atoms with E-state index in [4.69, 9.17) is 0 Å². The molecule has 4 nitrogen and oxygen atoms in total.